The molecule has 3 N–H and O–H groups in total. The average Bonchev–Trinajstić information content (AvgIpc) is 3.15. The standard InChI is InChI=1S/C17H23N5O2S/c1-11-14(12(2)19-18-11)8-9-15-20-21-17(25-10-16(23)24)22(15)13-6-4-3-5-7-13/h3-7,11-12,14,18-19H,8-10H2,1-2H3,(H,23,24). The molecule has 1 fully saturated rings. The maximum Gasteiger partial charge on any atom is 0.313 e. The minimum atomic E-state index is -0.861. The number of para-hydroxylation sites is 1. The Morgan fingerprint density at radius 1 is 1.20 bits per heavy atom. The Hall–Kier alpha value is -1.90. The van der Waals surface area contributed by atoms with Crippen molar-refractivity contribution in [3.63, 3.8) is 0 Å². The lowest BCUT2D eigenvalue weighted by Crippen LogP contribution is -2.30. The number of rotatable bonds is 7. The van der Waals surface area contributed by atoms with Crippen molar-refractivity contribution < 1.29 is 9.90 Å². The number of carbonyl (C=O) groups is 1. The van der Waals surface area contributed by atoms with Crippen molar-refractivity contribution in [3.8, 4) is 5.69 Å². The summed E-state index contributed by atoms with van der Waals surface area (Å²) in [6, 6.07) is 10.7. The highest BCUT2D eigenvalue weighted by atomic mass is 32.2. The van der Waals surface area contributed by atoms with E-state index in [1.165, 1.54) is 11.8 Å². The van der Waals surface area contributed by atoms with E-state index in [0.29, 0.717) is 23.2 Å². The summed E-state index contributed by atoms with van der Waals surface area (Å²) in [5, 5.41) is 18.1. The van der Waals surface area contributed by atoms with Gasteiger partial charge in [0, 0.05) is 24.2 Å². The molecule has 1 saturated heterocycles. The van der Waals surface area contributed by atoms with Gasteiger partial charge in [0.2, 0.25) is 0 Å². The molecule has 3 rings (SSSR count). The Kier molecular flexibility index (Phi) is 5.72. The molecule has 0 radical (unpaired) electrons. The fourth-order valence-corrected chi connectivity index (χ4v) is 3.92. The van der Waals surface area contributed by atoms with E-state index in [1.54, 1.807) is 0 Å². The normalized spacial score (nSPS) is 23.0. The molecule has 2 aromatic rings. The summed E-state index contributed by atoms with van der Waals surface area (Å²) in [5.74, 6) is 0.483. The summed E-state index contributed by atoms with van der Waals surface area (Å²) in [7, 11) is 0. The summed E-state index contributed by atoms with van der Waals surface area (Å²) < 4.78 is 1.97. The highest BCUT2D eigenvalue weighted by Gasteiger charge is 2.30. The minimum absolute atomic E-state index is 0.0322. The van der Waals surface area contributed by atoms with Gasteiger partial charge in [-0.1, -0.05) is 30.0 Å². The molecule has 8 heteroatoms. The van der Waals surface area contributed by atoms with Crippen molar-refractivity contribution >= 4 is 17.7 Å². The third-order valence-corrected chi connectivity index (χ3v) is 5.48. The van der Waals surface area contributed by atoms with E-state index >= 15 is 0 Å². The Morgan fingerprint density at radius 2 is 1.88 bits per heavy atom. The molecule has 134 valence electrons. The lowest BCUT2D eigenvalue weighted by atomic mass is 9.91. The highest BCUT2D eigenvalue weighted by molar-refractivity contribution is 7.99. The van der Waals surface area contributed by atoms with E-state index < -0.39 is 5.97 Å². The number of hydrogen-bond acceptors (Lipinski definition) is 6. The van der Waals surface area contributed by atoms with Gasteiger partial charge in [-0.3, -0.25) is 20.2 Å². The summed E-state index contributed by atoms with van der Waals surface area (Å²) in [5.41, 5.74) is 7.51. The summed E-state index contributed by atoms with van der Waals surface area (Å²) >= 11 is 1.20. The fourth-order valence-electron chi connectivity index (χ4n) is 3.22. The van der Waals surface area contributed by atoms with Gasteiger partial charge >= 0.3 is 5.97 Å². The van der Waals surface area contributed by atoms with E-state index in [4.69, 9.17) is 5.11 Å². The molecule has 2 unspecified atom stereocenters. The molecule has 0 bridgehead atoms. The molecule has 0 aliphatic carbocycles. The van der Waals surface area contributed by atoms with Crippen molar-refractivity contribution in [3.05, 3.63) is 36.2 Å². The van der Waals surface area contributed by atoms with Crippen molar-refractivity contribution in [1.29, 1.82) is 0 Å². The van der Waals surface area contributed by atoms with Crippen LogP contribution in [0, 0.1) is 5.92 Å². The second-order valence-electron chi connectivity index (χ2n) is 6.32. The number of thioether (sulfide) groups is 1. The zero-order chi connectivity index (χ0) is 17.8. The molecule has 0 saturated carbocycles. The number of benzene rings is 1. The third-order valence-electron chi connectivity index (χ3n) is 4.56. The second-order valence-corrected chi connectivity index (χ2v) is 7.26. The van der Waals surface area contributed by atoms with Gasteiger partial charge in [0.1, 0.15) is 5.82 Å². The molecule has 25 heavy (non-hydrogen) atoms. The Morgan fingerprint density at radius 3 is 2.52 bits per heavy atom. The maximum absolute atomic E-state index is 10.9. The van der Waals surface area contributed by atoms with Crippen LogP contribution in [0.5, 0.6) is 0 Å². The van der Waals surface area contributed by atoms with E-state index in [-0.39, 0.29) is 5.75 Å². The van der Waals surface area contributed by atoms with E-state index in [9.17, 15) is 4.79 Å². The number of aliphatic carboxylic acids is 1. The first-order valence-corrected chi connectivity index (χ1v) is 9.40. The van der Waals surface area contributed by atoms with Crippen LogP contribution in [0.4, 0.5) is 0 Å². The smallest absolute Gasteiger partial charge is 0.313 e. The summed E-state index contributed by atoms with van der Waals surface area (Å²) in [6.45, 7) is 4.36. The lowest BCUT2D eigenvalue weighted by molar-refractivity contribution is -0.133. The zero-order valence-electron chi connectivity index (χ0n) is 14.3. The largest absolute Gasteiger partial charge is 0.481 e. The van der Waals surface area contributed by atoms with Crippen molar-refractivity contribution in [2.24, 2.45) is 5.92 Å². The van der Waals surface area contributed by atoms with Gasteiger partial charge in [-0.2, -0.15) is 0 Å². The number of carboxylic acids is 1. The van der Waals surface area contributed by atoms with Crippen LogP contribution in [0.1, 0.15) is 26.1 Å². The molecule has 1 aromatic carbocycles. The first-order chi connectivity index (χ1) is 12.1. The molecule has 0 spiro atoms. The molecular formula is C17H23N5O2S. The van der Waals surface area contributed by atoms with E-state index in [1.807, 2.05) is 34.9 Å². The molecule has 2 heterocycles. The number of nitrogens with one attached hydrogen (secondary N) is 2. The van der Waals surface area contributed by atoms with Crippen molar-refractivity contribution in [1.82, 2.24) is 25.6 Å². The Labute approximate surface area is 151 Å². The number of hydrazine groups is 1. The van der Waals surface area contributed by atoms with Crippen LogP contribution in [0.15, 0.2) is 35.5 Å². The van der Waals surface area contributed by atoms with Crippen LogP contribution in [0.3, 0.4) is 0 Å². The number of aryl methyl sites for hydroxylation is 1. The zero-order valence-corrected chi connectivity index (χ0v) is 15.2. The first kappa shape index (κ1) is 17.9. The first-order valence-electron chi connectivity index (χ1n) is 8.41. The summed E-state index contributed by atoms with van der Waals surface area (Å²) in [4.78, 5) is 10.9. The van der Waals surface area contributed by atoms with Gasteiger partial charge < -0.3 is 5.11 Å². The molecule has 7 nitrogen and oxygen atoms in total. The minimum Gasteiger partial charge on any atom is -0.481 e. The maximum atomic E-state index is 10.9. The van der Waals surface area contributed by atoms with Crippen molar-refractivity contribution in [2.45, 2.75) is 43.9 Å². The summed E-state index contributed by atoms with van der Waals surface area (Å²) in [6.07, 6.45) is 1.77. The quantitative estimate of drug-likeness (QED) is 0.649. The van der Waals surface area contributed by atoms with Crippen LogP contribution in [-0.2, 0) is 11.2 Å². The predicted octanol–water partition coefficient (Wildman–Crippen LogP) is 1.88. The Bertz CT molecular complexity index is 711. The fraction of sp³-hybridized carbons (Fsp3) is 0.471. The average molecular weight is 361 g/mol. The van der Waals surface area contributed by atoms with Gasteiger partial charge in [-0.15, -0.1) is 10.2 Å². The van der Waals surface area contributed by atoms with Crippen LogP contribution in [0.2, 0.25) is 0 Å². The van der Waals surface area contributed by atoms with Gasteiger partial charge in [-0.25, -0.2) is 0 Å². The molecule has 1 aliphatic rings. The van der Waals surface area contributed by atoms with Gasteiger partial charge in [0.05, 0.1) is 5.75 Å². The van der Waals surface area contributed by atoms with Crippen LogP contribution < -0.4 is 10.9 Å². The molecule has 1 aromatic heterocycles. The predicted molar refractivity (Wildman–Crippen MR) is 96.7 cm³/mol. The van der Waals surface area contributed by atoms with Crippen LogP contribution in [-0.4, -0.2) is 43.7 Å². The lowest BCUT2D eigenvalue weighted by Gasteiger charge is -2.17. The van der Waals surface area contributed by atoms with Crippen LogP contribution in [0.25, 0.3) is 5.69 Å². The highest BCUT2D eigenvalue weighted by Crippen LogP contribution is 2.25. The molecule has 0 amide bonds. The second kappa shape index (κ2) is 7.99. The van der Waals surface area contributed by atoms with Gasteiger partial charge in [0.25, 0.3) is 0 Å². The SMILES string of the molecule is CC1NNC(C)C1CCc1nnc(SCC(=O)O)n1-c1ccccc1. The third kappa shape index (κ3) is 4.20. The van der Waals surface area contributed by atoms with E-state index in [2.05, 4.69) is 34.9 Å². The van der Waals surface area contributed by atoms with Crippen LogP contribution >= 0.6 is 11.8 Å². The number of carboxylic acid groups (broad SMARTS) is 1. The number of nitrogens with zero attached hydrogens (tertiary/aromatic N) is 3. The van der Waals surface area contributed by atoms with E-state index in [0.717, 1.165) is 24.4 Å². The van der Waals surface area contributed by atoms with Gasteiger partial charge in [0.15, 0.2) is 5.16 Å². The van der Waals surface area contributed by atoms with Gasteiger partial charge in [-0.05, 0) is 38.3 Å². The molecular weight excluding hydrogens is 338 g/mol. The molecule has 1 aliphatic heterocycles. The Balaban J connectivity index is 1.82. The number of aromatic nitrogens is 3. The monoisotopic (exact) mass is 361 g/mol. The number of hydrogen-bond donors (Lipinski definition) is 3. The topological polar surface area (TPSA) is 92.1 Å². The van der Waals surface area contributed by atoms with Crippen molar-refractivity contribution in [2.75, 3.05) is 5.75 Å². The molecule has 2 atom stereocenters.